The lowest BCUT2D eigenvalue weighted by molar-refractivity contribution is 0.00578. The Bertz CT molecular complexity index is 508. The molecule has 1 heterocycles. The third-order valence-electron chi connectivity index (χ3n) is 4.85. The third kappa shape index (κ3) is 3.08. The van der Waals surface area contributed by atoms with Crippen molar-refractivity contribution in [1.82, 2.24) is 0 Å². The molecule has 1 saturated heterocycles. The van der Waals surface area contributed by atoms with Gasteiger partial charge in [0.15, 0.2) is 0 Å². The summed E-state index contributed by atoms with van der Waals surface area (Å²) in [6, 6.07) is 8.58. The van der Waals surface area contributed by atoms with Gasteiger partial charge in [-0.05, 0) is 74.4 Å². The van der Waals surface area contributed by atoms with Crippen LogP contribution >= 0.6 is 22.6 Å². The maximum Gasteiger partial charge on any atom is 0.469 e. The summed E-state index contributed by atoms with van der Waals surface area (Å²) in [6.07, 6.45) is 2.76. The van der Waals surface area contributed by atoms with Crippen LogP contribution < -0.4 is 0 Å². The number of halogens is 1. The molecule has 1 aromatic carbocycles. The highest BCUT2D eigenvalue weighted by Crippen LogP contribution is 2.44. The maximum atomic E-state index is 6.29. The van der Waals surface area contributed by atoms with Gasteiger partial charge in [0.25, 0.3) is 0 Å². The Morgan fingerprint density at radius 2 is 1.62 bits per heavy atom. The van der Waals surface area contributed by atoms with Crippen LogP contribution in [0, 0.1) is 3.57 Å². The molecule has 114 valence electrons. The monoisotopic (exact) mass is 398 g/mol. The summed E-state index contributed by atoms with van der Waals surface area (Å²) in [6.45, 7) is 14.5. The van der Waals surface area contributed by atoms with Crippen molar-refractivity contribution in [3.63, 3.8) is 0 Å². The third-order valence-corrected chi connectivity index (χ3v) is 5.56. The van der Waals surface area contributed by atoms with Gasteiger partial charge >= 0.3 is 7.12 Å². The van der Waals surface area contributed by atoms with E-state index >= 15 is 0 Å². The summed E-state index contributed by atoms with van der Waals surface area (Å²) in [4.78, 5) is 0. The van der Waals surface area contributed by atoms with Crippen molar-refractivity contribution in [2.75, 3.05) is 0 Å². The van der Waals surface area contributed by atoms with Crippen molar-refractivity contribution in [3.8, 4) is 0 Å². The Labute approximate surface area is 142 Å². The zero-order chi connectivity index (χ0) is 15.9. The van der Waals surface area contributed by atoms with Gasteiger partial charge in [-0.25, -0.2) is 0 Å². The van der Waals surface area contributed by atoms with Crippen LogP contribution in [0.25, 0.3) is 0 Å². The van der Waals surface area contributed by atoms with E-state index in [1.165, 1.54) is 9.13 Å². The van der Waals surface area contributed by atoms with Crippen LogP contribution in [0.1, 0.15) is 46.6 Å². The van der Waals surface area contributed by atoms with E-state index in [0.717, 1.165) is 6.42 Å². The van der Waals surface area contributed by atoms with Gasteiger partial charge in [0.2, 0.25) is 0 Å². The summed E-state index contributed by atoms with van der Waals surface area (Å²) < 4.78 is 13.8. The quantitative estimate of drug-likeness (QED) is 0.414. The molecule has 0 saturated carbocycles. The molecule has 0 N–H and O–H groups in total. The fourth-order valence-electron chi connectivity index (χ4n) is 2.58. The van der Waals surface area contributed by atoms with E-state index in [1.54, 1.807) is 0 Å². The second-order valence-corrected chi connectivity index (χ2v) is 8.25. The fourth-order valence-corrected chi connectivity index (χ4v) is 2.94. The first-order chi connectivity index (χ1) is 9.62. The molecular weight excluding hydrogens is 374 g/mol. The first-order valence-electron chi connectivity index (χ1n) is 7.35. The van der Waals surface area contributed by atoms with Gasteiger partial charge in [0.05, 0.1) is 11.2 Å². The van der Waals surface area contributed by atoms with Crippen LogP contribution in [0.5, 0.6) is 0 Å². The van der Waals surface area contributed by atoms with Crippen LogP contribution in [-0.2, 0) is 14.6 Å². The van der Waals surface area contributed by atoms with E-state index in [1.807, 2.05) is 6.08 Å². The SMILES string of the molecule is C=CC[C@@](C)(B1OC(C)(C)C(C)(C)O1)c1ccc(I)cc1. The Balaban J connectivity index is 2.40. The first kappa shape index (κ1) is 17.0. The van der Waals surface area contributed by atoms with E-state index < -0.39 is 0 Å². The lowest BCUT2D eigenvalue weighted by Crippen LogP contribution is -2.43. The minimum atomic E-state index is -0.316. The lowest BCUT2D eigenvalue weighted by Gasteiger charge is -2.32. The zero-order valence-corrected chi connectivity index (χ0v) is 15.7. The Kier molecular flexibility index (Phi) is 4.63. The molecule has 1 aromatic rings. The smallest absolute Gasteiger partial charge is 0.403 e. The topological polar surface area (TPSA) is 18.5 Å². The lowest BCUT2D eigenvalue weighted by atomic mass is 9.53. The highest BCUT2D eigenvalue weighted by molar-refractivity contribution is 14.1. The minimum Gasteiger partial charge on any atom is -0.403 e. The largest absolute Gasteiger partial charge is 0.469 e. The van der Waals surface area contributed by atoms with E-state index in [2.05, 4.69) is 88.1 Å². The van der Waals surface area contributed by atoms with E-state index in [4.69, 9.17) is 9.31 Å². The summed E-state index contributed by atoms with van der Waals surface area (Å²) in [5.74, 6) is 0. The van der Waals surface area contributed by atoms with Crippen molar-refractivity contribution < 1.29 is 9.31 Å². The van der Waals surface area contributed by atoms with Gasteiger partial charge in [-0.15, -0.1) is 6.58 Å². The predicted octanol–water partition coefficient (Wildman–Crippen LogP) is 4.76. The zero-order valence-electron chi connectivity index (χ0n) is 13.6. The Hall–Kier alpha value is -0.325. The van der Waals surface area contributed by atoms with Gasteiger partial charge in [-0.3, -0.25) is 0 Å². The number of hydrogen-bond acceptors (Lipinski definition) is 2. The van der Waals surface area contributed by atoms with Gasteiger partial charge in [0, 0.05) is 8.88 Å². The average Bonchev–Trinajstić information content (AvgIpc) is 2.60. The van der Waals surface area contributed by atoms with Gasteiger partial charge in [-0.1, -0.05) is 25.1 Å². The molecule has 0 aliphatic carbocycles. The number of rotatable bonds is 4. The molecule has 2 nitrogen and oxygen atoms in total. The molecule has 0 spiro atoms. The van der Waals surface area contributed by atoms with Crippen molar-refractivity contribution in [1.29, 1.82) is 0 Å². The molecule has 0 unspecified atom stereocenters. The predicted molar refractivity (Wildman–Crippen MR) is 97.4 cm³/mol. The second kappa shape index (κ2) is 5.71. The summed E-state index contributed by atoms with van der Waals surface area (Å²) >= 11 is 2.32. The normalized spacial score (nSPS) is 22.9. The van der Waals surface area contributed by atoms with Crippen LogP contribution in [-0.4, -0.2) is 18.3 Å². The summed E-state index contributed by atoms with van der Waals surface area (Å²) in [5, 5.41) is -0.239. The number of hydrogen-bond donors (Lipinski definition) is 0. The highest BCUT2D eigenvalue weighted by atomic mass is 127. The van der Waals surface area contributed by atoms with E-state index in [9.17, 15) is 0 Å². The standard InChI is InChI=1S/C17H24BIO2/c1-7-12-17(6,13-8-10-14(19)11-9-13)18-20-15(2,3)16(4,5)21-18/h7-11H,1,12H2,2-6H3/t17-/m1/s1. The average molecular weight is 398 g/mol. The first-order valence-corrected chi connectivity index (χ1v) is 8.43. The van der Waals surface area contributed by atoms with Crippen molar-refractivity contribution in [3.05, 3.63) is 46.1 Å². The van der Waals surface area contributed by atoms with Crippen LogP contribution in [0.3, 0.4) is 0 Å². The van der Waals surface area contributed by atoms with Crippen molar-refractivity contribution in [2.24, 2.45) is 0 Å². The molecule has 1 atom stereocenters. The molecule has 2 rings (SSSR count). The molecule has 0 radical (unpaired) electrons. The number of benzene rings is 1. The van der Waals surface area contributed by atoms with Crippen molar-refractivity contribution >= 4 is 29.7 Å². The molecular formula is C17H24BIO2. The molecule has 21 heavy (non-hydrogen) atoms. The second-order valence-electron chi connectivity index (χ2n) is 7.01. The molecule has 4 heteroatoms. The summed E-state index contributed by atoms with van der Waals surface area (Å²) in [7, 11) is -0.277. The number of allylic oxidation sites excluding steroid dienone is 1. The van der Waals surface area contributed by atoms with Crippen molar-refractivity contribution in [2.45, 2.75) is 57.6 Å². The molecule has 1 aliphatic heterocycles. The molecule has 1 aliphatic rings. The minimum absolute atomic E-state index is 0.239. The fraction of sp³-hybridized carbons (Fsp3) is 0.529. The molecule has 0 bridgehead atoms. The van der Waals surface area contributed by atoms with E-state index in [0.29, 0.717) is 0 Å². The summed E-state index contributed by atoms with van der Waals surface area (Å²) in [5.41, 5.74) is 0.591. The molecule has 1 fully saturated rings. The van der Waals surface area contributed by atoms with Gasteiger partial charge < -0.3 is 9.31 Å². The maximum absolute atomic E-state index is 6.29. The molecule has 0 amide bonds. The van der Waals surface area contributed by atoms with Gasteiger partial charge in [0.1, 0.15) is 0 Å². The Morgan fingerprint density at radius 1 is 1.14 bits per heavy atom. The van der Waals surface area contributed by atoms with Gasteiger partial charge in [-0.2, -0.15) is 0 Å². The Morgan fingerprint density at radius 3 is 2.05 bits per heavy atom. The van der Waals surface area contributed by atoms with E-state index in [-0.39, 0.29) is 23.6 Å². The van der Waals surface area contributed by atoms with Crippen LogP contribution in [0.15, 0.2) is 36.9 Å². The molecule has 0 aromatic heterocycles. The highest BCUT2D eigenvalue weighted by Gasteiger charge is 2.57. The van der Waals surface area contributed by atoms with Crippen LogP contribution in [0.4, 0.5) is 0 Å². The van der Waals surface area contributed by atoms with Crippen LogP contribution in [0.2, 0.25) is 0 Å².